The lowest BCUT2D eigenvalue weighted by Crippen LogP contribution is -2.33. The second-order valence-corrected chi connectivity index (χ2v) is 7.13. The summed E-state index contributed by atoms with van der Waals surface area (Å²) < 4.78 is 14.5. The molecule has 5 nitrogen and oxygen atoms in total. The molecular formula is C23H17ClFN3O2. The lowest BCUT2D eigenvalue weighted by molar-refractivity contribution is -0.121. The summed E-state index contributed by atoms with van der Waals surface area (Å²) in [4.78, 5) is 29.5. The summed E-state index contributed by atoms with van der Waals surface area (Å²) in [6, 6.07) is 20.7. The van der Waals surface area contributed by atoms with Crippen LogP contribution < -0.4 is 11.0 Å². The van der Waals surface area contributed by atoms with Gasteiger partial charge < -0.3 is 5.32 Å². The highest BCUT2D eigenvalue weighted by atomic mass is 35.5. The van der Waals surface area contributed by atoms with Crippen LogP contribution in [0.2, 0.25) is 5.02 Å². The summed E-state index contributed by atoms with van der Waals surface area (Å²) in [5.41, 5.74) is 2.09. The first-order valence-electron chi connectivity index (χ1n) is 9.28. The SMILES string of the molecule is O=C(Cn1c(=O)nc(-c2ccccc2)c2ccccc21)NCc1ccc(F)cc1Cl. The number of nitrogens with one attached hydrogen (secondary N) is 1. The first-order chi connectivity index (χ1) is 14.5. The van der Waals surface area contributed by atoms with Crippen LogP contribution in [0.5, 0.6) is 0 Å². The molecule has 1 N–H and O–H groups in total. The monoisotopic (exact) mass is 421 g/mol. The molecule has 0 aliphatic rings. The smallest absolute Gasteiger partial charge is 0.349 e. The van der Waals surface area contributed by atoms with Crippen molar-refractivity contribution in [1.82, 2.24) is 14.9 Å². The third kappa shape index (κ3) is 4.09. The van der Waals surface area contributed by atoms with Crippen LogP contribution >= 0.6 is 11.6 Å². The van der Waals surface area contributed by atoms with Gasteiger partial charge in [-0.15, -0.1) is 0 Å². The predicted octanol–water partition coefficient (Wildman–Crippen LogP) is 4.17. The Morgan fingerprint density at radius 3 is 2.53 bits per heavy atom. The summed E-state index contributed by atoms with van der Waals surface area (Å²) in [5.74, 6) is -0.824. The van der Waals surface area contributed by atoms with Gasteiger partial charge in [0.25, 0.3) is 0 Å². The maximum Gasteiger partial charge on any atom is 0.349 e. The van der Waals surface area contributed by atoms with Gasteiger partial charge in [0.05, 0.1) is 11.2 Å². The quantitative estimate of drug-likeness (QED) is 0.526. The first-order valence-corrected chi connectivity index (χ1v) is 9.66. The van der Waals surface area contributed by atoms with Crippen molar-refractivity contribution >= 4 is 28.4 Å². The Hall–Kier alpha value is -3.51. The number of para-hydroxylation sites is 1. The fraction of sp³-hybridized carbons (Fsp3) is 0.0870. The summed E-state index contributed by atoms with van der Waals surface area (Å²) in [7, 11) is 0. The predicted molar refractivity (Wildman–Crippen MR) is 115 cm³/mol. The van der Waals surface area contributed by atoms with E-state index >= 15 is 0 Å². The maximum atomic E-state index is 13.2. The van der Waals surface area contributed by atoms with Crippen molar-refractivity contribution in [3.8, 4) is 11.3 Å². The Kier molecular flexibility index (Phi) is 5.59. The molecule has 0 bridgehead atoms. The zero-order chi connectivity index (χ0) is 21.1. The van der Waals surface area contributed by atoms with E-state index in [1.165, 1.54) is 22.8 Å². The number of aromatic nitrogens is 2. The summed E-state index contributed by atoms with van der Waals surface area (Å²) in [5, 5.41) is 3.72. The molecule has 0 atom stereocenters. The third-order valence-electron chi connectivity index (χ3n) is 4.73. The minimum Gasteiger partial charge on any atom is -0.350 e. The van der Waals surface area contributed by atoms with Crippen molar-refractivity contribution in [2.45, 2.75) is 13.1 Å². The number of halogens is 2. The van der Waals surface area contributed by atoms with E-state index in [1.807, 2.05) is 48.5 Å². The van der Waals surface area contributed by atoms with E-state index in [2.05, 4.69) is 10.3 Å². The Labute approximate surface area is 176 Å². The molecule has 0 spiro atoms. The lowest BCUT2D eigenvalue weighted by atomic mass is 10.1. The fourth-order valence-electron chi connectivity index (χ4n) is 3.26. The zero-order valence-electron chi connectivity index (χ0n) is 15.8. The topological polar surface area (TPSA) is 64.0 Å². The van der Waals surface area contributed by atoms with Gasteiger partial charge in [0.2, 0.25) is 5.91 Å². The Morgan fingerprint density at radius 2 is 1.77 bits per heavy atom. The number of amides is 1. The van der Waals surface area contributed by atoms with Crippen LogP contribution in [0, 0.1) is 5.82 Å². The molecule has 1 amide bonds. The number of carbonyl (C=O) groups is 1. The fourth-order valence-corrected chi connectivity index (χ4v) is 3.49. The van der Waals surface area contributed by atoms with Gasteiger partial charge in [-0.25, -0.2) is 9.18 Å². The highest BCUT2D eigenvalue weighted by molar-refractivity contribution is 6.31. The van der Waals surface area contributed by atoms with E-state index in [0.717, 1.165) is 10.9 Å². The summed E-state index contributed by atoms with van der Waals surface area (Å²) >= 11 is 6.00. The molecule has 0 radical (unpaired) electrons. The van der Waals surface area contributed by atoms with E-state index in [-0.39, 0.29) is 24.0 Å². The van der Waals surface area contributed by atoms with Gasteiger partial charge in [-0.1, -0.05) is 66.2 Å². The van der Waals surface area contributed by atoms with Crippen LogP contribution in [0.1, 0.15) is 5.56 Å². The zero-order valence-corrected chi connectivity index (χ0v) is 16.6. The van der Waals surface area contributed by atoms with Crippen molar-refractivity contribution in [3.63, 3.8) is 0 Å². The van der Waals surface area contributed by atoms with Gasteiger partial charge >= 0.3 is 5.69 Å². The number of benzene rings is 3. The highest BCUT2D eigenvalue weighted by Crippen LogP contribution is 2.25. The first kappa shape index (κ1) is 19.8. The van der Waals surface area contributed by atoms with Gasteiger partial charge in [-0.3, -0.25) is 9.36 Å². The van der Waals surface area contributed by atoms with Crippen molar-refractivity contribution < 1.29 is 9.18 Å². The van der Waals surface area contributed by atoms with Crippen molar-refractivity contribution in [2.24, 2.45) is 0 Å². The molecule has 0 unspecified atom stereocenters. The Bertz CT molecular complexity index is 1290. The molecular weight excluding hydrogens is 405 g/mol. The molecule has 3 aromatic carbocycles. The van der Waals surface area contributed by atoms with E-state index in [4.69, 9.17) is 11.6 Å². The molecule has 0 saturated heterocycles. The molecule has 0 fully saturated rings. The normalized spacial score (nSPS) is 10.9. The number of rotatable bonds is 5. The number of hydrogen-bond acceptors (Lipinski definition) is 3. The van der Waals surface area contributed by atoms with E-state index < -0.39 is 11.5 Å². The van der Waals surface area contributed by atoms with Gasteiger partial charge in [-0.2, -0.15) is 4.98 Å². The van der Waals surface area contributed by atoms with Crippen LogP contribution in [0.25, 0.3) is 22.2 Å². The second-order valence-electron chi connectivity index (χ2n) is 6.72. The molecule has 4 aromatic rings. The van der Waals surface area contributed by atoms with Crippen molar-refractivity contribution in [1.29, 1.82) is 0 Å². The van der Waals surface area contributed by atoms with Gasteiger partial charge in [0.1, 0.15) is 12.4 Å². The summed E-state index contributed by atoms with van der Waals surface area (Å²) in [6.45, 7) is -0.0691. The van der Waals surface area contributed by atoms with Crippen LogP contribution in [0.3, 0.4) is 0 Å². The maximum absolute atomic E-state index is 13.2. The molecule has 1 aromatic heterocycles. The molecule has 4 rings (SSSR count). The van der Waals surface area contributed by atoms with Crippen molar-refractivity contribution in [2.75, 3.05) is 0 Å². The average molecular weight is 422 g/mol. The van der Waals surface area contributed by atoms with Gasteiger partial charge in [-0.05, 0) is 23.8 Å². The molecule has 150 valence electrons. The Balaban J connectivity index is 1.62. The minimum atomic E-state index is -0.512. The number of carbonyl (C=O) groups excluding carboxylic acids is 1. The van der Waals surface area contributed by atoms with E-state index in [1.54, 1.807) is 6.07 Å². The van der Waals surface area contributed by atoms with Crippen LogP contribution in [-0.4, -0.2) is 15.5 Å². The van der Waals surface area contributed by atoms with Crippen molar-refractivity contribution in [3.05, 3.63) is 99.7 Å². The molecule has 0 saturated carbocycles. The lowest BCUT2D eigenvalue weighted by Gasteiger charge is -2.13. The molecule has 7 heteroatoms. The van der Waals surface area contributed by atoms with E-state index in [9.17, 15) is 14.0 Å². The average Bonchev–Trinajstić information content (AvgIpc) is 2.75. The molecule has 0 aliphatic carbocycles. The van der Waals surface area contributed by atoms with E-state index in [0.29, 0.717) is 16.8 Å². The molecule has 1 heterocycles. The van der Waals surface area contributed by atoms with Crippen LogP contribution in [0.15, 0.2) is 77.6 Å². The van der Waals surface area contributed by atoms with Gasteiger partial charge in [0.15, 0.2) is 0 Å². The minimum absolute atomic E-state index is 0.125. The largest absolute Gasteiger partial charge is 0.350 e. The standard InChI is InChI=1S/C23H17ClFN3O2/c24-19-12-17(25)11-10-16(19)13-26-21(29)14-28-20-9-5-4-8-18(20)22(27-23(28)30)15-6-2-1-3-7-15/h1-12H,13-14H2,(H,26,29). The number of nitrogens with zero attached hydrogens (tertiary/aromatic N) is 2. The molecule has 0 aliphatic heterocycles. The number of hydrogen-bond donors (Lipinski definition) is 1. The number of fused-ring (bicyclic) bond motifs is 1. The van der Waals surface area contributed by atoms with Gasteiger partial charge in [0, 0.05) is 22.5 Å². The Morgan fingerprint density at radius 1 is 1.03 bits per heavy atom. The molecule has 30 heavy (non-hydrogen) atoms. The third-order valence-corrected chi connectivity index (χ3v) is 5.08. The van der Waals surface area contributed by atoms with Crippen LogP contribution in [-0.2, 0) is 17.9 Å². The highest BCUT2D eigenvalue weighted by Gasteiger charge is 2.14. The second kappa shape index (κ2) is 8.47. The van der Waals surface area contributed by atoms with Crippen LogP contribution in [0.4, 0.5) is 4.39 Å². The summed E-state index contributed by atoms with van der Waals surface area (Å²) in [6.07, 6.45) is 0.